The van der Waals surface area contributed by atoms with Gasteiger partial charge in [0.25, 0.3) is 0 Å². The summed E-state index contributed by atoms with van der Waals surface area (Å²) in [4.78, 5) is 11.1. The van der Waals surface area contributed by atoms with Gasteiger partial charge in [0.1, 0.15) is 11.9 Å². The molecule has 0 unspecified atom stereocenters. The molecule has 1 aromatic carbocycles. The van der Waals surface area contributed by atoms with Crippen LogP contribution in [0.3, 0.4) is 0 Å². The van der Waals surface area contributed by atoms with Gasteiger partial charge in [-0.25, -0.2) is 9.18 Å². The number of hydrogen-bond acceptors (Lipinski definition) is 3. The Morgan fingerprint density at radius 2 is 2.11 bits per heavy atom. The molecule has 0 saturated heterocycles. The van der Waals surface area contributed by atoms with Crippen molar-refractivity contribution in [3.8, 4) is 0 Å². The van der Waals surface area contributed by atoms with E-state index < -0.39 is 29.3 Å². The number of nitrogens with two attached hydrogens (primary N) is 1. The maximum absolute atomic E-state index is 13.6. The highest BCUT2D eigenvalue weighted by molar-refractivity contribution is 6.30. The molecule has 8 heteroatoms. The van der Waals surface area contributed by atoms with Crippen LogP contribution in [0.25, 0.3) is 0 Å². The molecule has 108 valence electrons. The van der Waals surface area contributed by atoms with Crippen molar-refractivity contribution in [1.29, 1.82) is 0 Å². The molecular weight excluding hydrogens is 306 g/mol. The summed E-state index contributed by atoms with van der Waals surface area (Å²) in [5.41, 5.74) is 4.68. The monoisotopic (exact) mass is 317 g/mol. The Morgan fingerprint density at radius 3 is 2.63 bits per heavy atom. The Balaban J connectivity index is 0.00000324. The van der Waals surface area contributed by atoms with Gasteiger partial charge in [0.15, 0.2) is 0 Å². The Kier molecular flexibility index (Phi) is 6.62. The number of alkyl halides is 2. The molecule has 1 aromatic rings. The molecule has 0 amide bonds. The van der Waals surface area contributed by atoms with Crippen molar-refractivity contribution in [2.24, 2.45) is 5.73 Å². The molecule has 1 atom stereocenters. The third-order valence-corrected chi connectivity index (χ3v) is 2.55. The molecule has 2 N–H and O–H groups in total. The first kappa shape index (κ1) is 18.0. The number of benzene rings is 1. The molecule has 0 saturated carbocycles. The van der Waals surface area contributed by atoms with Gasteiger partial charge < -0.3 is 10.5 Å². The molecule has 0 fully saturated rings. The summed E-state index contributed by atoms with van der Waals surface area (Å²) in [6.45, 7) is 1.15. The number of carbonyl (C=O) groups is 1. The smallest absolute Gasteiger partial charge is 0.379 e. The highest BCUT2D eigenvalue weighted by Crippen LogP contribution is 2.33. The van der Waals surface area contributed by atoms with Crippen LogP contribution in [0.2, 0.25) is 5.02 Å². The van der Waals surface area contributed by atoms with Crippen molar-refractivity contribution >= 4 is 30.0 Å². The van der Waals surface area contributed by atoms with E-state index in [0.29, 0.717) is 0 Å². The minimum Gasteiger partial charge on any atom is -0.462 e. The Morgan fingerprint density at radius 1 is 1.53 bits per heavy atom. The second-order valence-electron chi connectivity index (χ2n) is 3.46. The molecule has 0 aromatic heterocycles. The van der Waals surface area contributed by atoms with E-state index in [1.54, 1.807) is 0 Å². The van der Waals surface area contributed by atoms with Crippen LogP contribution in [0.15, 0.2) is 18.2 Å². The van der Waals surface area contributed by atoms with Crippen LogP contribution in [0, 0.1) is 5.82 Å². The number of rotatable bonds is 4. The quantitative estimate of drug-likeness (QED) is 0.868. The summed E-state index contributed by atoms with van der Waals surface area (Å²) in [5, 5.41) is -0.345. The van der Waals surface area contributed by atoms with Crippen LogP contribution in [0.5, 0.6) is 0 Å². The van der Waals surface area contributed by atoms with E-state index in [-0.39, 0.29) is 24.0 Å². The predicted octanol–water partition coefficient (Wildman–Crippen LogP) is 3.10. The molecule has 19 heavy (non-hydrogen) atoms. The third-order valence-electron chi connectivity index (χ3n) is 2.25. The molecule has 0 bridgehead atoms. The zero-order valence-corrected chi connectivity index (χ0v) is 11.4. The lowest BCUT2D eigenvalue weighted by atomic mass is 10.0. The number of carbonyl (C=O) groups excluding carboxylic acids is 1. The molecule has 0 aliphatic heterocycles. The average Bonchev–Trinajstić information content (AvgIpc) is 2.32. The number of esters is 1. The van der Waals surface area contributed by atoms with Crippen LogP contribution in [-0.4, -0.2) is 18.5 Å². The first-order chi connectivity index (χ1) is 8.32. The van der Waals surface area contributed by atoms with Gasteiger partial charge in [0, 0.05) is 5.56 Å². The van der Waals surface area contributed by atoms with Crippen molar-refractivity contribution in [3.63, 3.8) is 0 Å². The molecule has 3 nitrogen and oxygen atoms in total. The normalized spacial score (nSPS) is 12.5. The molecule has 0 spiro atoms. The van der Waals surface area contributed by atoms with Gasteiger partial charge in [-0.3, -0.25) is 0 Å². The van der Waals surface area contributed by atoms with Crippen molar-refractivity contribution < 1.29 is 22.7 Å². The molecule has 0 radical (unpaired) electrons. The van der Waals surface area contributed by atoms with Crippen LogP contribution in [0.4, 0.5) is 13.2 Å². The highest BCUT2D eigenvalue weighted by atomic mass is 35.5. The van der Waals surface area contributed by atoms with Crippen molar-refractivity contribution in [3.05, 3.63) is 34.6 Å². The van der Waals surface area contributed by atoms with Gasteiger partial charge in [-0.2, -0.15) is 8.78 Å². The summed E-state index contributed by atoms with van der Waals surface area (Å²) in [7, 11) is 0. The zero-order chi connectivity index (χ0) is 13.9. The summed E-state index contributed by atoms with van der Waals surface area (Å²) in [6.07, 6.45) is 0. The van der Waals surface area contributed by atoms with E-state index in [1.807, 2.05) is 0 Å². The van der Waals surface area contributed by atoms with Crippen LogP contribution >= 0.6 is 24.0 Å². The summed E-state index contributed by atoms with van der Waals surface area (Å²) < 4.78 is 44.9. The fourth-order valence-electron chi connectivity index (χ4n) is 1.31. The second-order valence-corrected chi connectivity index (χ2v) is 3.87. The van der Waals surface area contributed by atoms with Gasteiger partial charge in [0.2, 0.25) is 0 Å². The fraction of sp³-hybridized carbons (Fsp3) is 0.364. The molecule has 1 rings (SSSR count). The van der Waals surface area contributed by atoms with E-state index in [9.17, 15) is 18.0 Å². The maximum atomic E-state index is 13.6. The van der Waals surface area contributed by atoms with E-state index in [4.69, 9.17) is 17.3 Å². The zero-order valence-electron chi connectivity index (χ0n) is 9.83. The van der Waals surface area contributed by atoms with Crippen LogP contribution in [0.1, 0.15) is 18.5 Å². The maximum Gasteiger partial charge on any atom is 0.379 e. The van der Waals surface area contributed by atoms with Crippen molar-refractivity contribution in [2.75, 3.05) is 6.61 Å². The number of halogens is 5. The molecular formula is C11H12Cl2F3NO2. The molecule has 0 aliphatic rings. The minimum absolute atomic E-state index is 0. The van der Waals surface area contributed by atoms with E-state index in [0.717, 1.165) is 6.07 Å². The highest BCUT2D eigenvalue weighted by Gasteiger charge is 2.48. The minimum atomic E-state index is -4.03. The van der Waals surface area contributed by atoms with Gasteiger partial charge >= 0.3 is 11.9 Å². The Bertz CT molecular complexity index is 458. The third kappa shape index (κ3) is 3.75. The lowest BCUT2D eigenvalue weighted by Gasteiger charge is -2.22. The van der Waals surface area contributed by atoms with E-state index >= 15 is 0 Å². The predicted molar refractivity (Wildman–Crippen MR) is 67.2 cm³/mol. The SMILES string of the molecule is CCOC(=O)C(F)(F)[C@@H](N)c1cccc(Cl)c1F.Cl. The largest absolute Gasteiger partial charge is 0.462 e. The van der Waals surface area contributed by atoms with E-state index in [2.05, 4.69) is 4.74 Å². The second kappa shape index (κ2) is 6.98. The van der Waals surface area contributed by atoms with Crippen LogP contribution < -0.4 is 5.73 Å². The Labute approximate surface area is 119 Å². The van der Waals surface area contributed by atoms with Gasteiger partial charge in [0.05, 0.1) is 11.6 Å². The van der Waals surface area contributed by atoms with Crippen molar-refractivity contribution in [1.82, 2.24) is 0 Å². The summed E-state index contributed by atoms with van der Waals surface area (Å²) in [5.74, 6) is -6.89. The molecule has 0 aliphatic carbocycles. The number of ether oxygens (including phenoxy) is 1. The van der Waals surface area contributed by atoms with Crippen LogP contribution in [-0.2, 0) is 9.53 Å². The topological polar surface area (TPSA) is 52.3 Å². The first-order valence-electron chi connectivity index (χ1n) is 5.06. The molecule has 0 heterocycles. The fourth-order valence-corrected chi connectivity index (χ4v) is 1.49. The van der Waals surface area contributed by atoms with Crippen molar-refractivity contribution in [2.45, 2.75) is 18.9 Å². The standard InChI is InChI=1S/C11H11ClF3NO2.ClH/c1-2-18-10(17)11(14,15)9(16)6-4-3-5-7(12)8(6)13;/h3-5,9H,2,16H2,1H3;1H/t9-;/m0./s1. The van der Waals surface area contributed by atoms with E-state index in [1.165, 1.54) is 19.1 Å². The summed E-state index contributed by atoms with van der Waals surface area (Å²) >= 11 is 5.46. The average molecular weight is 318 g/mol. The van der Waals surface area contributed by atoms with Gasteiger partial charge in [-0.1, -0.05) is 23.7 Å². The summed E-state index contributed by atoms with van der Waals surface area (Å²) in [6, 6.07) is 1.34. The lowest BCUT2D eigenvalue weighted by Crippen LogP contribution is -2.42. The first-order valence-corrected chi connectivity index (χ1v) is 5.44. The Hall–Kier alpha value is -0.980. The number of hydrogen-bond donors (Lipinski definition) is 1. The van der Waals surface area contributed by atoms with Gasteiger partial charge in [-0.05, 0) is 13.0 Å². The van der Waals surface area contributed by atoms with Gasteiger partial charge in [-0.15, -0.1) is 12.4 Å². The lowest BCUT2D eigenvalue weighted by molar-refractivity contribution is -0.174.